The molecular formula is C16H17ClFNO. The third kappa shape index (κ3) is 3.50. The van der Waals surface area contributed by atoms with Crippen molar-refractivity contribution in [2.24, 2.45) is 0 Å². The van der Waals surface area contributed by atoms with Gasteiger partial charge in [0.1, 0.15) is 11.6 Å². The Bertz CT molecular complexity index is 588. The van der Waals surface area contributed by atoms with Crippen LogP contribution < -0.4 is 5.32 Å². The molecule has 2 nitrogen and oxygen atoms in total. The smallest absolute Gasteiger partial charge is 0.141 e. The SMILES string of the molecule is CCC(NCc1ccc(F)c(Cl)c1)c1ccccc1O. The first-order valence-electron chi connectivity index (χ1n) is 6.57. The Morgan fingerprint density at radius 1 is 1.25 bits per heavy atom. The lowest BCUT2D eigenvalue weighted by atomic mass is 10.0. The van der Waals surface area contributed by atoms with Gasteiger partial charge in [0.15, 0.2) is 0 Å². The molecule has 0 fully saturated rings. The second-order valence-corrected chi connectivity index (χ2v) is 5.06. The number of phenols is 1. The molecule has 2 aromatic rings. The number of aromatic hydroxyl groups is 1. The number of benzene rings is 2. The van der Waals surface area contributed by atoms with Crippen LogP contribution in [0, 0.1) is 5.82 Å². The third-order valence-electron chi connectivity index (χ3n) is 3.26. The van der Waals surface area contributed by atoms with Gasteiger partial charge in [-0.1, -0.05) is 42.8 Å². The highest BCUT2D eigenvalue weighted by Gasteiger charge is 2.12. The van der Waals surface area contributed by atoms with Gasteiger partial charge < -0.3 is 10.4 Å². The summed E-state index contributed by atoms with van der Waals surface area (Å²) < 4.78 is 13.1. The molecule has 0 aliphatic rings. The standard InChI is InChI=1S/C16H17ClFNO/c1-2-15(12-5-3-4-6-16(12)20)19-10-11-7-8-14(18)13(17)9-11/h3-9,15,19-20H,2,10H2,1H3. The fourth-order valence-electron chi connectivity index (χ4n) is 2.15. The van der Waals surface area contributed by atoms with Crippen molar-refractivity contribution in [1.82, 2.24) is 5.32 Å². The lowest BCUT2D eigenvalue weighted by molar-refractivity contribution is 0.440. The molecule has 4 heteroatoms. The maximum absolute atomic E-state index is 13.1. The summed E-state index contributed by atoms with van der Waals surface area (Å²) in [6.45, 7) is 2.61. The topological polar surface area (TPSA) is 32.3 Å². The van der Waals surface area contributed by atoms with Gasteiger partial charge in [-0.3, -0.25) is 0 Å². The summed E-state index contributed by atoms with van der Waals surface area (Å²) in [4.78, 5) is 0. The molecular weight excluding hydrogens is 277 g/mol. The van der Waals surface area contributed by atoms with Crippen LogP contribution in [0.25, 0.3) is 0 Å². The molecule has 2 aromatic carbocycles. The quantitative estimate of drug-likeness (QED) is 0.855. The lowest BCUT2D eigenvalue weighted by Crippen LogP contribution is -2.20. The van der Waals surface area contributed by atoms with E-state index in [1.54, 1.807) is 24.3 Å². The van der Waals surface area contributed by atoms with Crippen molar-refractivity contribution in [3.63, 3.8) is 0 Å². The highest BCUT2D eigenvalue weighted by molar-refractivity contribution is 6.30. The van der Waals surface area contributed by atoms with Gasteiger partial charge in [-0.05, 0) is 30.2 Å². The van der Waals surface area contributed by atoms with Gasteiger partial charge in [-0.2, -0.15) is 0 Å². The Labute approximate surface area is 123 Å². The van der Waals surface area contributed by atoms with Crippen molar-refractivity contribution in [2.75, 3.05) is 0 Å². The minimum absolute atomic E-state index is 0.0417. The third-order valence-corrected chi connectivity index (χ3v) is 3.55. The molecule has 2 rings (SSSR count). The van der Waals surface area contributed by atoms with Crippen LogP contribution >= 0.6 is 11.6 Å². The normalized spacial score (nSPS) is 12.3. The number of rotatable bonds is 5. The molecule has 0 radical (unpaired) electrons. The fourth-order valence-corrected chi connectivity index (χ4v) is 2.35. The monoisotopic (exact) mass is 293 g/mol. The number of phenolic OH excluding ortho intramolecular Hbond substituents is 1. The molecule has 0 spiro atoms. The molecule has 1 unspecified atom stereocenters. The first-order chi connectivity index (χ1) is 9.61. The summed E-state index contributed by atoms with van der Waals surface area (Å²) in [5.74, 6) is -0.132. The average molecular weight is 294 g/mol. The largest absolute Gasteiger partial charge is 0.508 e. The van der Waals surface area contributed by atoms with Crippen LogP contribution in [-0.4, -0.2) is 5.11 Å². The van der Waals surface area contributed by atoms with Gasteiger partial charge in [-0.25, -0.2) is 4.39 Å². The van der Waals surface area contributed by atoms with Crippen molar-refractivity contribution < 1.29 is 9.50 Å². The molecule has 0 bridgehead atoms. The summed E-state index contributed by atoms with van der Waals surface area (Å²) in [7, 11) is 0. The van der Waals surface area contributed by atoms with E-state index in [-0.39, 0.29) is 16.8 Å². The Balaban J connectivity index is 2.08. The first-order valence-corrected chi connectivity index (χ1v) is 6.94. The predicted molar refractivity (Wildman–Crippen MR) is 79.4 cm³/mol. The second kappa shape index (κ2) is 6.73. The zero-order valence-corrected chi connectivity index (χ0v) is 12.0. The lowest BCUT2D eigenvalue weighted by Gasteiger charge is -2.18. The summed E-state index contributed by atoms with van der Waals surface area (Å²) in [6, 6.07) is 12.0. The van der Waals surface area contributed by atoms with Gasteiger partial charge in [0.25, 0.3) is 0 Å². The number of hydrogen-bond donors (Lipinski definition) is 2. The second-order valence-electron chi connectivity index (χ2n) is 4.65. The molecule has 20 heavy (non-hydrogen) atoms. The van der Waals surface area contributed by atoms with Crippen LogP contribution in [0.15, 0.2) is 42.5 Å². The molecule has 1 atom stereocenters. The molecule has 0 aromatic heterocycles. The van der Waals surface area contributed by atoms with E-state index >= 15 is 0 Å². The summed E-state index contributed by atoms with van der Waals surface area (Å²) in [5.41, 5.74) is 1.77. The minimum Gasteiger partial charge on any atom is -0.508 e. The molecule has 0 heterocycles. The van der Waals surface area contributed by atoms with E-state index in [0.29, 0.717) is 6.54 Å². The van der Waals surface area contributed by atoms with E-state index in [2.05, 4.69) is 5.32 Å². The molecule has 0 amide bonds. The number of hydrogen-bond acceptors (Lipinski definition) is 2. The molecule has 0 saturated carbocycles. The van der Waals surface area contributed by atoms with Crippen molar-refractivity contribution in [3.05, 3.63) is 64.4 Å². The summed E-state index contributed by atoms with van der Waals surface area (Å²) >= 11 is 5.76. The van der Waals surface area contributed by atoms with E-state index in [1.165, 1.54) is 6.07 Å². The molecule has 0 aliphatic heterocycles. The maximum Gasteiger partial charge on any atom is 0.141 e. The van der Waals surface area contributed by atoms with Crippen molar-refractivity contribution in [3.8, 4) is 5.75 Å². The Morgan fingerprint density at radius 2 is 2.00 bits per heavy atom. The van der Waals surface area contributed by atoms with Crippen LogP contribution in [0.1, 0.15) is 30.5 Å². The van der Waals surface area contributed by atoms with Crippen molar-refractivity contribution >= 4 is 11.6 Å². The molecule has 0 saturated heterocycles. The van der Waals surface area contributed by atoms with Crippen molar-refractivity contribution in [2.45, 2.75) is 25.9 Å². The zero-order chi connectivity index (χ0) is 14.5. The minimum atomic E-state index is -0.414. The summed E-state index contributed by atoms with van der Waals surface area (Å²) in [6.07, 6.45) is 0.840. The Hall–Kier alpha value is -1.58. The van der Waals surface area contributed by atoms with E-state index in [4.69, 9.17) is 11.6 Å². The fraction of sp³-hybridized carbons (Fsp3) is 0.250. The highest BCUT2D eigenvalue weighted by atomic mass is 35.5. The Kier molecular flexibility index (Phi) is 4.99. The van der Waals surface area contributed by atoms with E-state index < -0.39 is 5.82 Å². The average Bonchev–Trinajstić information content (AvgIpc) is 2.45. The van der Waals surface area contributed by atoms with Crippen molar-refractivity contribution in [1.29, 1.82) is 0 Å². The molecule has 0 aliphatic carbocycles. The van der Waals surface area contributed by atoms with Crippen LogP contribution in [0.5, 0.6) is 5.75 Å². The number of halogens is 2. The van der Waals surface area contributed by atoms with Gasteiger partial charge in [-0.15, -0.1) is 0 Å². The van der Waals surface area contributed by atoms with Gasteiger partial charge >= 0.3 is 0 Å². The van der Waals surface area contributed by atoms with E-state index in [0.717, 1.165) is 17.5 Å². The number of nitrogens with one attached hydrogen (secondary N) is 1. The predicted octanol–water partition coefficient (Wildman–Crippen LogP) is 4.43. The van der Waals surface area contributed by atoms with Gasteiger partial charge in [0.05, 0.1) is 5.02 Å². The first kappa shape index (κ1) is 14.8. The number of para-hydroxylation sites is 1. The zero-order valence-electron chi connectivity index (χ0n) is 11.2. The van der Waals surface area contributed by atoms with Crippen LogP contribution in [0.4, 0.5) is 4.39 Å². The van der Waals surface area contributed by atoms with E-state index in [1.807, 2.05) is 19.1 Å². The van der Waals surface area contributed by atoms with Gasteiger partial charge in [0.2, 0.25) is 0 Å². The Morgan fingerprint density at radius 3 is 2.65 bits per heavy atom. The molecule has 106 valence electrons. The van der Waals surface area contributed by atoms with Crippen LogP contribution in [0.3, 0.4) is 0 Å². The van der Waals surface area contributed by atoms with Crippen LogP contribution in [0.2, 0.25) is 5.02 Å². The van der Waals surface area contributed by atoms with Gasteiger partial charge in [0, 0.05) is 18.2 Å². The van der Waals surface area contributed by atoms with Crippen LogP contribution in [-0.2, 0) is 6.54 Å². The summed E-state index contributed by atoms with van der Waals surface area (Å²) in [5, 5.41) is 13.4. The molecule has 2 N–H and O–H groups in total. The maximum atomic E-state index is 13.1. The highest BCUT2D eigenvalue weighted by Crippen LogP contribution is 2.26. The van der Waals surface area contributed by atoms with E-state index in [9.17, 15) is 9.50 Å².